The van der Waals surface area contributed by atoms with Crippen LogP contribution in [-0.4, -0.2) is 58.9 Å². The molecule has 2 fully saturated rings. The van der Waals surface area contributed by atoms with Gasteiger partial charge in [-0.1, -0.05) is 0 Å². The van der Waals surface area contributed by atoms with E-state index in [0.29, 0.717) is 43.3 Å². The highest BCUT2D eigenvalue weighted by molar-refractivity contribution is 4.94. The third-order valence-corrected chi connectivity index (χ3v) is 3.97. The van der Waals surface area contributed by atoms with E-state index in [-0.39, 0.29) is 0 Å². The number of nitrogens with zero attached hydrogens (tertiary/aromatic N) is 4. The summed E-state index contributed by atoms with van der Waals surface area (Å²) in [7, 11) is 0. The van der Waals surface area contributed by atoms with Crippen molar-refractivity contribution in [2.75, 3.05) is 32.7 Å². The van der Waals surface area contributed by atoms with Crippen molar-refractivity contribution in [1.29, 1.82) is 0 Å². The molecule has 112 valence electrons. The van der Waals surface area contributed by atoms with Crippen molar-refractivity contribution in [2.24, 2.45) is 11.8 Å². The van der Waals surface area contributed by atoms with E-state index in [1.807, 2.05) is 0 Å². The predicted molar refractivity (Wildman–Crippen MR) is 63.8 cm³/mol. The van der Waals surface area contributed by atoms with E-state index in [0.717, 1.165) is 13.1 Å². The quantitative estimate of drug-likeness (QED) is 0.840. The fraction of sp³-hybridized carbons (Fsp3) is 0.833. The lowest BCUT2D eigenvalue weighted by molar-refractivity contribution is -0.144. The van der Waals surface area contributed by atoms with Crippen molar-refractivity contribution in [2.45, 2.75) is 19.6 Å². The highest BCUT2D eigenvalue weighted by Gasteiger charge is 2.43. The van der Waals surface area contributed by atoms with Crippen LogP contribution in [0.3, 0.4) is 0 Å². The van der Waals surface area contributed by atoms with E-state index in [9.17, 15) is 13.2 Å². The Kier molecular flexibility index (Phi) is 3.45. The second-order valence-electron chi connectivity index (χ2n) is 5.74. The van der Waals surface area contributed by atoms with E-state index in [1.54, 1.807) is 6.92 Å². The first-order chi connectivity index (χ1) is 9.39. The van der Waals surface area contributed by atoms with Crippen LogP contribution in [0.2, 0.25) is 0 Å². The maximum absolute atomic E-state index is 12.4. The molecular weight excluding hydrogens is 273 g/mol. The lowest BCUT2D eigenvalue weighted by Crippen LogP contribution is -2.35. The highest BCUT2D eigenvalue weighted by atomic mass is 19.4. The summed E-state index contributed by atoms with van der Waals surface area (Å²) >= 11 is 0. The summed E-state index contributed by atoms with van der Waals surface area (Å²) in [6.07, 6.45) is -4.10. The Labute approximate surface area is 114 Å². The molecule has 0 aliphatic carbocycles. The number of fused-ring (bicyclic) bond motifs is 1. The van der Waals surface area contributed by atoms with Crippen LogP contribution in [0.25, 0.3) is 0 Å². The van der Waals surface area contributed by atoms with Gasteiger partial charge >= 0.3 is 6.18 Å². The van der Waals surface area contributed by atoms with Gasteiger partial charge in [0.15, 0.2) is 0 Å². The summed E-state index contributed by atoms with van der Waals surface area (Å²) in [6.45, 7) is 4.22. The minimum atomic E-state index is -4.10. The molecule has 0 radical (unpaired) electrons. The first kappa shape index (κ1) is 13.8. The Balaban J connectivity index is 1.51. The van der Waals surface area contributed by atoms with Crippen molar-refractivity contribution in [1.82, 2.24) is 20.0 Å². The predicted octanol–water partition coefficient (Wildman–Crippen LogP) is 1.30. The molecule has 0 saturated carbocycles. The standard InChI is InChI=1S/C12H17F3N4O/c1-8-16-17-11(20-8)6-18-2-9-4-19(5-10(9)3-18)7-12(13,14)15/h9-10H,2-7H2,1H3. The van der Waals surface area contributed by atoms with Gasteiger partial charge in [-0.3, -0.25) is 9.80 Å². The van der Waals surface area contributed by atoms with E-state index in [2.05, 4.69) is 15.1 Å². The maximum Gasteiger partial charge on any atom is 0.401 e. The smallest absolute Gasteiger partial charge is 0.401 e. The zero-order valence-corrected chi connectivity index (χ0v) is 11.2. The van der Waals surface area contributed by atoms with Crippen molar-refractivity contribution < 1.29 is 17.6 Å². The molecule has 0 spiro atoms. The number of alkyl halides is 3. The molecule has 1 aromatic heterocycles. The van der Waals surface area contributed by atoms with Gasteiger partial charge in [-0.25, -0.2) is 0 Å². The van der Waals surface area contributed by atoms with Gasteiger partial charge in [0.1, 0.15) is 0 Å². The molecule has 5 nitrogen and oxygen atoms in total. The summed E-state index contributed by atoms with van der Waals surface area (Å²) < 4.78 is 42.4. The molecule has 2 atom stereocenters. The number of hydrogen-bond donors (Lipinski definition) is 0. The van der Waals surface area contributed by atoms with Crippen LogP contribution in [0.1, 0.15) is 11.8 Å². The minimum Gasteiger partial charge on any atom is -0.424 e. The summed E-state index contributed by atoms with van der Waals surface area (Å²) in [5.74, 6) is 1.76. The van der Waals surface area contributed by atoms with Crippen molar-refractivity contribution in [3.8, 4) is 0 Å². The summed E-state index contributed by atoms with van der Waals surface area (Å²) in [5.41, 5.74) is 0. The summed E-state index contributed by atoms with van der Waals surface area (Å²) in [5, 5.41) is 7.73. The van der Waals surface area contributed by atoms with E-state index < -0.39 is 12.7 Å². The Morgan fingerprint density at radius 2 is 1.70 bits per heavy atom. The van der Waals surface area contributed by atoms with Crippen LogP contribution in [0.5, 0.6) is 0 Å². The highest BCUT2D eigenvalue weighted by Crippen LogP contribution is 2.33. The van der Waals surface area contributed by atoms with Gasteiger partial charge in [-0.2, -0.15) is 13.2 Å². The van der Waals surface area contributed by atoms with Crippen LogP contribution in [-0.2, 0) is 6.54 Å². The zero-order chi connectivity index (χ0) is 14.3. The van der Waals surface area contributed by atoms with Crippen LogP contribution in [0.15, 0.2) is 4.42 Å². The monoisotopic (exact) mass is 290 g/mol. The van der Waals surface area contributed by atoms with Crippen molar-refractivity contribution >= 4 is 0 Å². The molecule has 3 heterocycles. The van der Waals surface area contributed by atoms with Crippen molar-refractivity contribution in [3.63, 3.8) is 0 Å². The SMILES string of the molecule is Cc1nnc(CN2CC3CN(CC(F)(F)F)CC3C2)o1. The number of hydrogen-bond acceptors (Lipinski definition) is 5. The van der Waals surface area contributed by atoms with E-state index >= 15 is 0 Å². The minimum absolute atomic E-state index is 0.321. The van der Waals surface area contributed by atoms with Gasteiger partial charge in [0.25, 0.3) is 0 Å². The summed E-state index contributed by atoms with van der Waals surface area (Å²) in [4.78, 5) is 3.71. The molecule has 2 saturated heterocycles. The Morgan fingerprint density at radius 1 is 1.10 bits per heavy atom. The lowest BCUT2D eigenvalue weighted by atomic mass is 10.0. The lowest BCUT2D eigenvalue weighted by Gasteiger charge is -2.21. The second kappa shape index (κ2) is 5.00. The van der Waals surface area contributed by atoms with Gasteiger partial charge in [-0.15, -0.1) is 10.2 Å². The van der Waals surface area contributed by atoms with Crippen LogP contribution in [0, 0.1) is 18.8 Å². The first-order valence-corrected chi connectivity index (χ1v) is 6.69. The molecular formula is C12H17F3N4O. The molecule has 3 rings (SSSR count). The average Bonchev–Trinajstić information content (AvgIpc) is 2.92. The maximum atomic E-state index is 12.4. The van der Waals surface area contributed by atoms with Crippen LogP contribution < -0.4 is 0 Å². The number of halogens is 3. The molecule has 0 bridgehead atoms. The molecule has 0 aromatic carbocycles. The number of aromatic nitrogens is 2. The third kappa shape index (κ3) is 3.12. The molecule has 20 heavy (non-hydrogen) atoms. The molecule has 8 heteroatoms. The molecule has 1 aromatic rings. The average molecular weight is 290 g/mol. The Bertz CT molecular complexity index is 462. The van der Waals surface area contributed by atoms with E-state index in [4.69, 9.17) is 4.42 Å². The first-order valence-electron chi connectivity index (χ1n) is 6.69. The molecule has 2 aliphatic heterocycles. The normalized spacial score (nSPS) is 28.2. The van der Waals surface area contributed by atoms with Gasteiger partial charge in [-0.05, 0) is 11.8 Å². The Hall–Kier alpha value is -1.15. The van der Waals surface area contributed by atoms with Gasteiger partial charge in [0.05, 0.1) is 13.1 Å². The number of likely N-dealkylation sites (tertiary alicyclic amines) is 2. The molecule has 0 N–H and O–H groups in total. The van der Waals surface area contributed by atoms with Gasteiger partial charge in [0, 0.05) is 33.1 Å². The number of aryl methyl sites for hydroxylation is 1. The van der Waals surface area contributed by atoms with Crippen LogP contribution >= 0.6 is 0 Å². The molecule has 2 unspecified atom stereocenters. The Morgan fingerprint density at radius 3 is 2.20 bits per heavy atom. The summed E-state index contributed by atoms with van der Waals surface area (Å²) in [6, 6.07) is 0. The van der Waals surface area contributed by atoms with Crippen molar-refractivity contribution in [3.05, 3.63) is 11.8 Å². The zero-order valence-electron chi connectivity index (χ0n) is 11.2. The molecule has 0 amide bonds. The number of rotatable bonds is 3. The third-order valence-electron chi connectivity index (χ3n) is 3.97. The van der Waals surface area contributed by atoms with E-state index in [1.165, 1.54) is 4.90 Å². The largest absolute Gasteiger partial charge is 0.424 e. The van der Waals surface area contributed by atoms with Crippen LogP contribution in [0.4, 0.5) is 13.2 Å². The molecule has 2 aliphatic rings. The van der Waals surface area contributed by atoms with Gasteiger partial charge in [0.2, 0.25) is 11.8 Å². The topological polar surface area (TPSA) is 45.4 Å². The second-order valence-corrected chi connectivity index (χ2v) is 5.74. The van der Waals surface area contributed by atoms with Gasteiger partial charge < -0.3 is 4.42 Å². The fourth-order valence-electron chi connectivity index (χ4n) is 3.29. The fourth-order valence-corrected chi connectivity index (χ4v) is 3.29.